The Morgan fingerprint density at radius 2 is 1.97 bits per heavy atom. The van der Waals surface area contributed by atoms with E-state index < -0.39 is 11.9 Å². The highest BCUT2D eigenvalue weighted by atomic mass is 16.2. The maximum absolute atomic E-state index is 12.4. The molecule has 7 nitrogen and oxygen atoms in total. The molecule has 29 heavy (non-hydrogen) atoms. The Bertz CT molecular complexity index is 832. The monoisotopic (exact) mass is 397 g/mol. The summed E-state index contributed by atoms with van der Waals surface area (Å²) in [6.07, 6.45) is 9.51. The van der Waals surface area contributed by atoms with E-state index in [4.69, 9.17) is 0 Å². The summed E-state index contributed by atoms with van der Waals surface area (Å²) in [7, 11) is 0. The molecule has 1 fully saturated rings. The van der Waals surface area contributed by atoms with Crippen molar-refractivity contribution in [2.75, 3.05) is 13.1 Å². The van der Waals surface area contributed by atoms with Gasteiger partial charge in [-0.05, 0) is 52.0 Å². The van der Waals surface area contributed by atoms with Crippen LogP contribution in [0, 0.1) is 5.92 Å². The Morgan fingerprint density at radius 3 is 2.72 bits per heavy atom. The van der Waals surface area contributed by atoms with Crippen LogP contribution in [-0.2, 0) is 4.79 Å². The van der Waals surface area contributed by atoms with Gasteiger partial charge in [0.05, 0.1) is 11.7 Å². The molecule has 2 heterocycles. The Hall–Kier alpha value is -2.28. The van der Waals surface area contributed by atoms with Crippen molar-refractivity contribution >= 4 is 23.5 Å². The summed E-state index contributed by atoms with van der Waals surface area (Å²) < 4.78 is 0. The number of amides is 3. The van der Waals surface area contributed by atoms with Gasteiger partial charge >= 0.3 is 6.03 Å². The van der Waals surface area contributed by atoms with Crippen LogP contribution in [0.4, 0.5) is 4.79 Å². The summed E-state index contributed by atoms with van der Waals surface area (Å²) >= 11 is 0. The Labute approximate surface area is 172 Å². The number of nitrogens with one attached hydrogen (secondary N) is 2. The zero-order chi connectivity index (χ0) is 20.5. The van der Waals surface area contributed by atoms with E-state index in [9.17, 15) is 9.59 Å². The van der Waals surface area contributed by atoms with Crippen LogP contribution in [0.5, 0.6) is 0 Å². The highest BCUT2D eigenvalue weighted by Gasteiger charge is 2.40. The number of rotatable bonds is 5. The van der Waals surface area contributed by atoms with Crippen molar-refractivity contribution in [3.8, 4) is 0 Å². The first-order valence-electron chi connectivity index (χ1n) is 10.8. The Morgan fingerprint density at radius 1 is 1.21 bits per heavy atom. The van der Waals surface area contributed by atoms with E-state index in [-0.39, 0.29) is 11.8 Å². The molecule has 2 atom stereocenters. The maximum atomic E-state index is 12.4. The largest absolute Gasteiger partial charge is 0.349 e. The van der Waals surface area contributed by atoms with Gasteiger partial charge in [-0.1, -0.05) is 30.4 Å². The van der Waals surface area contributed by atoms with Crippen LogP contribution in [0.25, 0.3) is 0 Å². The number of carbonyl (C=O) groups excluding carboxylic acids is 2. The standard InChI is InChI=1S/C22H31N5O2/c1-13-11-17-18(12-14(13)2)27(20-19(24-17)21(28)26-22(29)25-20)10-9-23-15(3)16-7-5-4-6-8-16/h11,15-16,18,23H,4-10,12H2,1-3H3,(H,26,28,29). The van der Waals surface area contributed by atoms with Gasteiger partial charge < -0.3 is 10.2 Å². The third-order valence-electron chi connectivity index (χ3n) is 6.80. The quantitative estimate of drug-likeness (QED) is 0.747. The zero-order valence-electron chi connectivity index (χ0n) is 17.6. The lowest BCUT2D eigenvalue weighted by molar-refractivity contribution is -0.113. The van der Waals surface area contributed by atoms with Crippen LogP contribution in [0.2, 0.25) is 0 Å². The minimum atomic E-state index is -0.607. The lowest BCUT2D eigenvalue weighted by Crippen LogP contribution is -2.58. The molecule has 2 N–H and O–H groups in total. The number of carbonyl (C=O) groups is 2. The number of fused-ring (bicyclic) bond motifs is 2. The fraction of sp³-hybridized carbons (Fsp3) is 0.636. The second kappa shape index (κ2) is 8.22. The highest BCUT2D eigenvalue weighted by Crippen LogP contribution is 2.32. The summed E-state index contributed by atoms with van der Waals surface area (Å²) in [5.74, 6) is 0.691. The fourth-order valence-electron chi connectivity index (χ4n) is 4.86. The highest BCUT2D eigenvalue weighted by molar-refractivity contribution is 6.69. The number of hydrogen-bond donors (Lipinski definition) is 2. The smallest absolute Gasteiger partial charge is 0.344 e. The predicted octanol–water partition coefficient (Wildman–Crippen LogP) is 2.94. The molecule has 0 radical (unpaired) electrons. The molecule has 156 valence electrons. The van der Waals surface area contributed by atoms with Gasteiger partial charge in [-0.3, -0.25) is 10.1 Å². The number of urea groups is 1. The Kier molecular flexibility index (Phi) is 5.67. The molecule has 0 aromatic carbocycles. The number of nitrogens with zero attached hydrogens (tertiary/aromatic N) is 3. The van der Waals surface area contributed by atoms with E-state index in [1.54, 1.807) is 0 Å². The molecule has 4 aliphatic rings. The first-order chi connectivity index (χ1) is 13.9. The van der Waals surface area contributed by atoms with Gasteiger partial charge in [0, 0.05) is 19.1 Å². The lowest BCUT2D eigenvalue weighted by atomic mass is 9.84. The molecule has 0 spiro atoms. The lowest BCUT2D eigenvalue weighted by Gasteiger charge is -2.41. The molecule has 1 saturated carbocycles. The van der Waals surface area contributed by atoms with E-state index in [0.29, 0.717) is 18.4 Å². The van der Waals surface area contributed by atoms with Crippen molar-refractivity contribution in [3.63, 3.8) is 0 Å². The molecule has 0 aromatic heterocycles. The van der Waals surface area contributed by atoms with Crippen molar-refractivity contribution in [1.82, 2.24) is 15.5 Å². The van der Waals surface area contributed by atoms with E-state index in [2.05, 4.69) is 52.4 Å². The minimum Gasteiger partial charge on any atom is -0.344 e. The molecule has 7 heteroatoms. The summed E-state index contributed by atoms with van der Waals surface area (Å²) in [6.45, 7) is 7.94. The summed E-state index contributed by atoms with van der Waals surface area (Å²) in [4.78, 5) is 35.1. The molecule has 2 aliphatic heterocycles. The van der Waals surface area contributed by atoms with Gasteiger partial charge in [0.1, 0.15) is 0 Å². The number of hydrogen-bond acceptors (Lipinski definition) is 5. The molecular formula is C22H31N5O2. The average Bonchev–Trinajstić information content (AvgIpc) is 2.70. The minimum absolute atomic E-state index is 0.0201. The molecule has 0 bridgehead atoms. The summed E-state index contributed by atoms with van der Waals surface area (Å²) in [5, 5.41) is 5.93. The maximum Gasteiger partial charge on any atom is 0.349 e. The molecule has 4 rings (SSSR count). The van der Waals surface area contributed by atoms with Gasteiger partial charge in [0.25, 0.3) is 5.91 Å². The molecule has 2 unspecified atom stereocenters. The zero-order valence-corrected chi connectivity index (χ0v) is 17.6. The van der Waals surface area contributed by atoms with Gasteiger partial charge in [-0.15, -0.1) is 0 Å². The molecule has 3 amide bonds. The number of aliphatic imine (C=N–C) groups is 2. The Balaban J connectivity index is 1.52. The second-order valence-electron chi connectivity index (χ2n) is 8.74. The third kappa shape index (κ3) is 4.06. The van der Waals surface area contributed by atoms with Gasteiger partial charge in [-0.25, -0.2) is 9.79 Å². The van der Waals surface area contributed by atoms with Gasteiger partial charge in [0.2, 0.25) is 0 Å². The molecular weight excluding hydrogens is 366 g/mol. The van der Waals surface area contributed by atoms with Crippen molar-refractivity contribution < 1.29 is 9.59 Å². The van der Waals surface area contributed by atoms with E-state index in [1.165, 1.54) is 43.3 Å². The predicted molar refractivity (Wildman–Crippen MR) is 114 cm³/mol. The van der Waals surface area contributed by atoms with Gasteiger partial charge in [0.15, 0.2) is 11.5 Å². The summed E-state index contributed by atoms with van der Waals surface area (Å²) in [5.41, 5.74) is 3.63. The van der Waals surface area contributed by atoms with Crippen LogP contribution in [0.1, 0.15) is 59.3 Å². The van der Waals surface area contributed by atoms with Crippen molar-refractivity contribution in [1.29, 1.82) is 0 Å². The van der Waals surface area contributed by atoms with Crippen LogP contribution in [-0.4, -0.2) is 53.6 Å². The number of amidine groups is 1. The second-order valence-corrected chi connectivity index (χ2v) is 8.74. The van der Waals surface area contributed by atoms with Crippen LogP contribution in [0.3, 0.4) is 0 Å². The summed E-state index contributed by atoms with van der Waals surface area (Å²) in [6, 6.07) is -0.118. The van der Waals surface area contributed by atoms with E-state index in [1.807, 2.05) is 0 Å². The van der Waals surface area contributed by atoms with Crippen LogP contribution in [0.15, 0.2) is 32.9 Å². The van der Waals surface area contributed by atoms with Crippen LogP contribution < -0.4 is 10.6 Å². The molecule has 0 aromatic rings. The first kappa shape index (κ1) is 20.0. The SMILES string of the molecule is CC1=C(C)CC2C(=C1)N=C1C(=O)NC(=O)N=C1N2CCNC(C)C1CCCCC1. The fourth-order valence-corrected chi connectivity index (χ4v) is 4.86. The van der Waals surface area contributed by atoms with Gasteiger partial charge in [-0.2, -0.15) is 4.99 Å². The van der Waals surface area contributed by atoms with E-state index >= 15 is 0 Å². The molecule has 2 aliphatic carbocycles. The van der Waals surface area contributed by atoms with Crippen molar-refractivity contribution in [3.05, 3.63) is 22.9 Å². The normalized spacial score (nSPS) is 26.2. The van der Waals surface area contributed by atoms with Crippen LogP contribution >= 0.6 is 0 Å². The average molecular weight is 398 g/mol. The molecule has 0 saturated heterocycles. The number of imide groups is 1. The van der Waals surface area contributed by atoms with Crippen molar-refractivity contribution in [2.24, 2.45) is 15.9 Å². The first-order valence-corrected chi connectivity index (χ1v) is 10.8. The number of allylic oxidation sites excluding steroid dienone is 2. The van der Waals surface area contributed by atoms with Crippen molar-refractivity contribution in [2.45, 2.75) is 71.4 Å². The topological polar surface area (TPSA) is 86.2 Å². The third-order valence-corrected chi connectivity index (χ3v) is 6.80. The van der Waals surface area contributed by atoms with E-state index in [0.717, 1.165) is 24.6 Å².